The zero-order valence-corrected chi connectivity index (χ0v) is 31.3. The van der Waals surface area contributed by atoms with Crippen molar-refractivity contribution >= 4 is 15.9 Å². The van der Waals surface area contributed by atoms with E-state index in [1.54, 1.807) is 14.4 Å². The van der Waals surface area contributed by atoms with E-state index in [0.29, 0.717) is 9.54 Å². The summed E-state index contributed by atoms with van der Waals surface area (Å²) < 4.78 is 5.02. The number of fused-ring (bicyclic) bond motifs is 5. The minimum atomic E-state index is -2.55. The summed E-state index contributed by atoms with van der Waals surface area (Å²) in [5.41, 5.74) is 15.2. The van der Waals surface area contributed by atoms with Crippen molar-refractivity contribution in [3.05, 3.63) is 127 Å². The first-order valence-electron chi connectivity index (χ1n) is 15.8. The summed E-state index contributed by atoms with van der Waals surface area (Å²) in [6.45, 7) is 19.0. The second-order valence-electron chi connectivity index (χ2n) is 15.1. The Bertz CT molecular complexity index is 1710. The van der Waals surface area contributed by atoms with Crippen molar-refractivity contribution < 1.29 is 46.1 Å². The van der Waals surface area contributed by atoms with Gasteiger partial charge in [0, 0.05) is 0 Å². The fourth-order valence-corrected chi connectivity index (χ4v) is 16.0. The molecule has 1 unspecified atom stereocenters. The number of halogens is 2. The van der Waals surface area contributed by atoms with Gasteiger partial charge in [-0.25, -0.2) is 0 Å². The first kappa shape index (κ1) is 33.3. The van der Waals surface area contributed by atoms with Gasteiger partial charge < -0.3 is 24.8 Å². The molecule has 0 heterocycles. The summed E-state index contributed by atoms with van der Waals surface area (Å²) in [7, 11) is 0. The van der Waals surface area contributed by atoms with Crippen molar-refractivity contribution in [2.24, 2.45) is 11.3 Å². The van der Waals surface area contributed by atoms with Crippen LogP contribution in [0, 0.1) is 11.3 Å². The fourth-order valence-electron chi connectivity index (χ4n) is 7.67. The van der Waals surface area contributed by atoms with E-state index in [0.717, 1.165) is 0 Å². The van der Waals surface area contributed by atoms with Gasteiger partial charge in [-0.05, 0) is 0 Å². The third-order valence-electron chi connectivity index (χ3n) is 10.3. The van der Waals surface area contributed by atoms with E-state index in [1.165, 1.54) is 50.9 Å². The first-order valence-corrected chi connectivity index (χ1v) is 19.9. The van der Waals surface area contributed by atoms with E-state index in [9.17, 15) is 0 Å². The monoisotopic (exact) mass is 696 g/mol. The molecule has 4 aliphatic carbocycles. The average molecular weight is 699 g/mol. The molecule has 226 valence electrons. The summed E-state index contributed by atoms with van der Waals surface area (Å²) in [5, 5.41) is 0. The van der Waals surface area contributed by atoms with Crippen LogP contribution in [0.5, 0.6) is 0 Å². The molecule has 1 atom stereocenters. The molecule has 0 fully saturated rings. The van der Waals surface area contributed by atoms with Crippen LogP contribution in [-0.4, -0.2) is 3.71 Å². The van der Waals surface area contributed by atoms with Gasteiger partial charge in [0.2, 0.25) is 0 Å². The Balaban J connectivity index is 0.00000192. The molecule has 3 aromatic rings. The van der Waals surface area contributed by atoms with Gasteiger partial charge in [0.25, 0.3) is 0 Å². The zero-order chi connectivity index (χ0) is 29.6. The van der Waals surface area contributed by atoms with E-state index in [1.807, 2.05) is 0 Å². The number of hydrogen-bond donors (Lipinski definition) is 0. The van der Waals surface area contributed by atoms with Crippen LogP contribution < -0.4 is 24.8 Å². The predicted molar refractivity (Wildman–Crippen MR) is 179 cm³/mol. The molecule has 3 heteroatoms. The average Bonchev–Trinajstić information content (AvgIpc) is 3.67. The van der Waals surface area contributed by atoms with Crippen molar-refractivity contribution in [2.75, 3.05) is 0 Å². The zero-order valence-electron chi connectivity index (χ0n) is 27.4. The Morgan fingerprint density at radius 2 is 1.30 bits per heavy atom. The normalized spacial score (nSPS) is 19.9. The Morgan fingerprint density at radius 1 is 0.773 bits per heavy atom. The standard InChI is InChI=1S/C23H21.C11H17.C7H6.2ClH.Zr/c1-22(2)7-5-14-10-18-16(12-20(14)22)9-17-13-21-15(11-19(17)18)6-8-23(21,3)4;1-5-9-6-7-10(8-9)11(2,3)4;1-7-5-3-2-4-6-7;;;/h5-13H,1-4H3;7-9H,5H2,1-4H3;1-6H;2*1H;/q;;;;;+2/p-2. The molecule has 44 heavy (non-hydrogen) atoms. The largest absolute Gasteiger partial charge is 1.00 e. The molecule has 0 amide bonds. The molecule has 7 rings (SSSR count). The van der Waals surface area contributed by atoms with Crippen LogP contribution in [0.25, 0.3) is 23.3 Å². The van der Waals surface area contributed by atoms with Crippen LogP contribution >= 0.6 is 0 Å². The summed E-state index contributed by atoms with van der Waals surface area (Å²) in [4.78, 5) is 0. The molecule has 0 bridgehead atoms. The molecule has 0 radical (unpaired) electrons. The van der Waals surface area contributed by atoms with Gasteiger partial charge in [-0.1, -0.05) is 0 Å². The Morgan fingerprint density at radius 3 is 1.77 bits per heavy atom. The molecule has 0 nitrogen and oxygen atoms in total. The van der Waals surface area contributed by atoms with E-state index in [-0.39, 0.29) is 41.1 Å². The smallest absolute Gasteiger partial charge is 1.00 e. The number of allylic oxidation sites excluding steroid dienone is 6. The molecule has 0 saturated carbocycles. The second-order valence-corrected chi connectivity index (χ2v) is 20.9. The van der Waals surface area contributed by atoms with Crippen LogP contribution in [0.1, 0.15) is 104 Å². The summed E-state index contributed by atoms with van der Waals surface area (Å²) >= 11 is -2.55. The SMILES string of the molecule is CCC1C=C(C(C)(C)C)C=[C]1/[Zr+2](=[CH]\c1ccccc1)[CH]1c2cc3c(cc2-c2cc4c(cc21)C(C)(C)C=C4)C=CC3(C)C.[Cl-].[Cl-]. The van der Waals surface area contributed by atoms with E-state index < -0.39 is 21.3 Å². The van der Waals surface area contributed by atoms with Crippen molar-refractivity contribution in [3.8, 4) is 11.1 Å². The molecule has 3 aromatic carbocycles. The number of benzene rings is 3. The van der Waals surface area contributed by atoms with Crippen LogP contribution in [0.15, 0.2) is 87.8 Å². The molecule has 4 aliphatic rings. The van der Waals surface area contributed by atoms with Crippen molar-refractivity contribution in [1.82, 2.24) is 0 Å². The topological polar surface area (TPSA) is 0 Å². The quantitative estimate of drug-likeness (QED) is 0.370. The van der Waals surface area contributed by atoms with Gasteiger partial charge >= 0.3 is 263 Å². The van der Waals surface area contributed by atoms with Gasteiger partial charge in [0.15, 0.2) is 0 Å². The van der Waals surface area contributed by atoms with Gasteiger partial charge in [-0.15, -0.1) is 0 Å². The molecule has 0 saturated heterocycles. The third kappa shape index (κ3) is 5.40. The van der Waals surface area contributed by atoms with Crippen molar-refractivity contribution in [2.45, 2.75) is 76.3 Å². The third-order valence-corrected chi connectivity index (χ3v) is 17.8. The Labute approximate surface area is 285 Å². The second kappa shape index (κ2) is 11.6. The number of rotatable bonds is 4. The molecular weight excluding hydrogens is 655 g/mol. The molecule has 0 aliphatic heterocycles. The van der Waals surface area contributed by atoms with Crippen molar-refractivity contribution in [1.29, 1.82) is 0 Å². The van der Waals surface area contributed by atoms with Gasteiger partial charge in [-0.3, -0.25) is 0 Å². The maximum atomic E-state index is 2.78. The summed E-state index contributed by atoms with van der Waals surface area (Å²) in [6.07, 6.45) is 16.0. The van der Waals surface area contributed by atoms with Gasteiger partial charge in [-0.2, -0.15) is 0 Å². The van der Waals surface area contributed by atoms with E-state index in [4.69, 9.17) is 0 Å². The number of hydrogen-bond acceptors (Lipinski definition) is 0. The van der Waals surface area contributed by atoms with Crippen LogP contribution in [-0.2, 0) is 32.1 Å². The van der Waals surface area contributed by atoms with Crippen LogP contribution in [0.4, 0.5) is 0 Å². The van der Waals surface area contributed by atoms with Crippen molar-refractivity contribution in [3.63, 3.8) is 0 Å². The van der Waals surface area contributed by atoms with Gasteiger partial charge in [0.1, 0.15) is 0 Å². The summed E-state index contributed by atoms with van der Waals surface area (Å²) in [5.74, 6) is 0.543. The fraction of sp³-hybridized carbons (Fsp3) is 0.341. The van der Waals surface area contributed by atoms with Gasteiger partial charge in [0.05, 0.1) is 0 Å². The molecular formula is C41H44Cl2Zr. The summed E-state index contributed by atoms with van der Waals surface area (Å²) in [6, 6.07) is 21.6. The maximum Gasteiger partial charge on any atom is -1.00 e. The van der Waals surface area contributed by atoms with E-state index in [2.05, 4.69) is 150 Å². The predicted octanol–water partition coefficient (Wildman–Crippen LogP) is 4.74. The van der Waals surface area contributed by atoms with Crippen LogP contribution in [0.3, 0.4) is 0 Å². The Hall–Kier alpha value is -2.05. The Kier molecular flexibility index (Phi) is 8.81. The maximum absolute atomic E-state index is 2.78. The van der Waals surface area contributed by atoms with Crippen LogP contribution in [0.2, 0.25) is 0 Å². The first-order chi connectivity index (χ1) is 19.9. The molecule has 0 spiro atoms. The van der Waals surface area contributed by atoms with E-state index >= 15 is 0 Å². The molecule has 0 N–H and O–H groups in total. The minimum Gasteiger partial charge on any atom is -1.00 e. The minimum absolute atomic E-state index is 0. The molecule has 0 aromatic heterocycles.